The number of piperazine rings is 1. The van der Waals surface area contributed by atoms with Crippen LogP contribution in [0, 0.1) is 12.7 Å². The third kappa shape index (κ3) is 4.61. The molecule has 0 saturated carbocycles. The van der Waals surface area contributed by atoms with Gasteiger partial charge in [-0.05, 0) is 42.3 Å². The predicted molar refractivity (Wildman–Crippen MR) is 108 cm³/mol. The van der Waals surface area contributed by atoms with Gasteiger partial charge in [-0.3, -0.25) is 4.90 Å². The highest BCUT2D eigenvalue weighted by atomic mass is 35.5. The van der Waals surface area contributed by atoms with Crippen LogP contribution in [0.4, 0.5) is 4.39 Å². The van der Waals surface area contributed by atoms with Crippen LogP contribution in [0.2, 0.25) is 5.02 Å². The zero-order valence-corrected chi connectivity index (χ0v) is 17.7. The lowest BCUT2D eigenvalue weighted by atomic mass is 10.0. The van der Waals surface area contributed by atoms with Gasteiger partial charge in [-0.25, -0.2) is 17.6 Å². The molecule has 1 unspecified atom stereocenters. The van der Waals surface area contributed by atoms with Crippen LogP contribution in [-0.2, 0) is 19.6 Å². The highest BCUT2D eigenvalue weighted by molar-refractivity contribution is 7.89. The molecule has 0 amide bonds. The van der Waals surface area contributed by atoms with Gasteiger partial charge in [0.1, 0.15) is 11.9 Å². The van der Waals surface area contributed by atoms with Gasteiger partial charge in [0.25, 0.3) is 0 Å². The molecule has 3 rings (SSSR count). The molecule has 0 bridgehead atoms. The monoisotopic (exact) mass is 440 g/mol. The van der Waals surface area contributed by atoms with Crippen molar-refractivity contribution >= 4 is 27.6 Å². The second kappa shape index (κ2) is 8.79. The summed E-state index contributed by atoms with van der Waals surface area (Å²) in [6, 6.07) is 9.97. The van der Waals surface area contributed by atoms with Crippen LogP contribution in [-0.4, -0.2) is 56.9 Å². The summed E-state index contributed by atoms with van der Waals surface area (Å²) in [6.07, 6.45) is 0. The molecule has 0 aromatic heterocycles. The van der Waals surface area contributed by atoms with Crippen molar-refractivity contribution in [3.63, 3.8) is 0 Å². The molecule has 9 heteroatoms. The molecule has 1 fully saturated rings. The second-order valence-corrected chi connectivity index (χ2v) is 9.17. The first-order valence-electron chi connectivity index (χ1n) is 9.07. The number of sulfonamides is 1. The standard InChI is InChI=1S/C20H22ClFN2O4S/c1-14-3-8-17(22)13-18(14)29(26,27)24-11-9-23(10-12-24)19(20(25)28-2)15-4-6-16(21)7-5-15/h3-8,13,19H,9-12H2,1-2H3. The van der Waals surface area contributed by atoms with E-state index >= 15 is 0 Å². The van der Waals surface area contributed by atoms with Crippen molar-refractivity contribution < 1.29 is 22.3 Å². The Morgan fingerprint density at radius 3 is 2.31 bits per heavy atom. The average Bonchev–Trinajstić information content (AvgIpc) is 2.71. The van der Waals surface area contributed by atoms with Crippen molar-refractivity contribution in [3.8, 4) is 0 Å². The third-order valence-electron chi connectivity index (χ3n) is 5.02. The molecule has 29 heavy (non-hydrogen) atoms. The van der Waals surface area contributed by atoms with Crippen LogP contribution in [0.1, 0.15) is 17.2 Å². The Morgan fingerprint density at radius 2 is 1.72 bits per heavy atom. The Kier molecular flexibility index (Phi) is 6.58. The maximum atomic E-state index is 13.6. The van der Waals surface area contributed by atoms with Gasteiger partial charge in [0.2, 0.25) is 10.0 Å². The number of carbonyl (C=O) groups excluding carboxylic acids is 1. The van der Waals surface area contributed by atoms with Crippen LogP contribution < -0.4 is 0 Å². The molecule has 1 saturated heterocycles. The predicted octanol–water partition coefficient (Wildman–Crippen LogP) is 3.01. The van der Waals surface area contributed by atoms with Crippen LogP contribution in [0.25, 0.3) is 0 Å². The fourth-order valence-corrected chi connectivity index (χ4v) is 5.23. The van der Waals surface area contributed by atoms with Gasteiger partial charge in [-0.2, -0.15) is 4.31 Å². The SMILES string of the molecule is COC(=O)C(c1ccc(Cl)cc1)N1CCN(S(=O)(=O)c2cc(F)ccc2C)CC1. The van der Waals surface area contributed by atoms with Crippen molar-refractivity contribution in [3.05, 3.63) is 64.4 Å². The Labute approximate surface area is 174 Å². The third-order valence-corrected chi connectivity index (χ3v) is 7.31. The Bertz CT molecular complexity index is 990. The van der Waals surface area contributed by atoms with Gasteiger partial charge >= 0.3 is 5.97 Å². The summed E-state index contributed by atoms with van der Waals surface area (Å²) in [6.45, 7) is 2.65. The zero-order chi connectivity index (χ0) is 21.2. The highest BCUT2D eigenvalue weighted by Crippen LogP contribution is 2.27. The van der Waals surface area contributed by atoms with E-state index in [9.17, 15) is 17.6 Å². The number of carbonyl (C=O) groups is 1. The largest absolute Gasteiger partial charge is 0.468 e. The maximum absolute atomic E-state index is 13.6. The molecular formula is C20H22ClFN2O4S. The summed E-state index contributed by atoms with van der Waals surface area (Å²) in [4.78, 5) is 14.2. The van der Waals surface area contributed by atoms with Crippen LogP contribution in [0.15, 0.2) is 47.4 Å². The normalized spacial score (nSPS) is 17.1. The van der Waals surface area contributed by atoms with Crippen molar-refractivity contribution in [1.29, 1.82) is 0 Å². The summed E-state index contributed by atoms with van der Waals surface area (Å²) in [5, 5.41) is 0.554. The molecule has 2 aromatic rings. The Hall–Kier alpha value is -2.00. The van der Waals surface area contributed by atoms with Gasteiger partial charge < -0.3 is 4.74 Å². The molecule has 0 spiro atoms. The van der Waals surface area contributed by atoms with E-state index < -0.39 is 27.9 Å². The van der Waals surface area contributed by atoms with Crippen LogP contribution in [0.5, 0.6) is 0 Å². The zero-order valence-electron chi connectivity index (χ0n) is 16.1. The van der Waals surface area contributed by atoms with E-state index in [0.29, 0.717) is 23.7 Å². The number of hydrogen-bond donors (Lipinski definition) is 0. The van der Waals surface area contributed by atoms with Gasteiger partial charge in [0.15, 0.2) is 0 Å². The first-order chi connectivity index (χ1) is 13.7. The van der Waals surface area contributed by atoms with Crippen LogP contribution >= 0.6 is 11.6 Å². The van der Waals surface area contributed by atoms with E-state index in [0.717, 1.165) is 11.6 Å². The minimum Gasteiger partial charge on any atom is -0.468 e. The lowest BCUT2D eigenvalue weighted by molar-refractivity contribution is -0.147. The summed E-state index contributed by atoms with van der Waals surface area (Å²) < 4.78 is 45.8. The number of rotatable bonds is 5. The topological polar surface area (TPSA) is 66.9 Å². The summed E-state index contributed by atoms with van der Waals surface area (Å²) in [5.41, 5.74) is 1.21. The molecule has 2 aromatic carbocycles. The quantitative estimate of drug-likeness (QED) is 0.668. The second-order valence-electron chi connectivity index (χ2n) is 6.83. The number of benzene rings is 2. The van der Waals surface area contributed by atoms with E-state index in [1.54, 1.807) is 31.2 Å². The van der Waals surface area contributed by atoms with E-state index in [2.05, 4.69) is 0 Å². The average molecular weight is 441 g/mol. The molecule has 6 nitrogen and oxygen atoms in total. The van der Waals surface area contributed by atoms with Crippen molar-refractivity contribution in [1.82, 2.24) is 9.21 Å². The van der Waals surface area contributed by atoms with Gasteiger partial charge in [0, 0.05) is 31.2 Å². The lowest BCUT2D eigenvalue weighted by Gasteiger charge is -2.37. The summed E-state index contributed by atoms with van der Waals surface area (Å²) in [5.74, 6) is -1.02. The van der Waals surface area contributed by atoms with E-state index in [-0.39, 0.29) is 18.0 Å². The minimum atomic E-state index is -3.83. The highest BCUT2D eigenvalue weighted by Gasteiger charge is 2.35. The maximum Gasteiger partial charge on any atom is 0.327 e. The number of halogens is 2. The van der Waals surface area contributed by atoms with Crippen molar-refractivity contribution in [2.45, 2.75) is 17.9 Å². The van der Waals surface area contributed by atoms with Gasteiger partial charge in [0.05, 0.1) is 12.0 Å². The molecule has 1 atom stereocenters. The van der Waals surface area contributed by atoms with E-state index in [4.69, 9.17) is 16.3 Å². The fraction of sp³-hybridized carbons (Fsp3) is 0.350. The molecule has 0 aliphatic carbocycles. The number of hydrogen-bond acceptors (Lipinski definition) is 5. The minimum absolute atomic E-state index is 0.0341. The van der Waals surface area contributed by atoms with E-state index in [1.807, 2.05) is 4.90 Å². The molecule has 156 valence electrons. The molecule has 1 heterocycles. The Balaban J connectivity index is 1.80. The number of ether oxygens (including phenoxy) is 1. The number of esters is 1. The number of aryl methyl sites for hydroxylation is 1. The molecule has 1 aliphatic rings. The van der Waals surface area contributed by atoms with Crippen molar-refractivity contribution in [2.75, 3.05) is 33.3 Å². The lowest BCUT2D eigenvalue weighted by Crippen LogP contribution is -2.51. The molecule has 0 radical (unpaired) electrons. The first kappa shape index (κ1) is 21.7. The fourth-order valence-electron chi connectivity index (χ4n) is 3.45. The molecule has 1 aliphatic heterocycles. The van der Waals surface area contributed by atoms with Gasteiger partial charge in [-0.1, -0.05) is 29.8 Å². The van der Waals surface area contributed by atoms with Gasteiger partial charge in [-0.15, -0.1) is 0 Å². The smallest absolute Gasteiger partial charge is 0.327 e. The van der Waals surface area contributed by atoms with Crippen molar-refractivity contribution in [2.24, 2.45) is 0 Å². The van der Waals surface area contributed by atoms with E-state index in [1.165, 1.54) is 23.5 Å². The summed E-state index contributed by atoms with van der Waals surface area (Å²) >= 11 is 5.94. The van der Waals surface area contributed by atoms with Crippen LogP contribution in [0.3, 0.4) is 0 Å². The first-order valence-corrected chi connectivity index (χ1v) is 10.9. The summed E-state index contributed by atoms with van der Waals surface area (Å²) in [7, 11) is -2.51. The number of nitrogens with zero attached hydrogens (tertiary/aromatic N) is 2. The number of methoxy groups -OCH3 is 1. The molecule has 0 N–H and O–H groups in total. The molecular weight excluding hydrogens is 419 g/mol. The Morgan fingerprint density at radius 1 is 1.10 bits per heavy atom.